The third-order valence-corrected chi connectivity index (χ3v) is 3.70. The van der Waals surface area contributed by atoms with Crippen LogP contribution in [0.4, 0.5) is 0 Å². The second-order valence-corrected chi connectivity index (χ2v) is 5.20. The highest BCUT2D eigenvalue weighted by atomic mass is 35.5. The first-order valence-corrected chi connectivity index (χ1v) is 7.04. The molecular weight excluding hydrogens is 345 g/mol. The van der Waals surface area contributed by atoms with E-state index in [-0.39, 0.29) is 27.9 Å². The lowest BCUT2D eigenvalue weighted by atomic mass is 10.3. The Hall–Kier alpha value is -2.51. The first kappa shape index (κ1) is 15.4. The van der Waals surface area contributed by atoms with Crippen LogP contribution in [-0.4, -0.2) is 32.8 Å². The normalized spacial score (nSPS) is 10.7. The van der Waals surface area contributed by atoms with Crippen LogP contribution in [0, 0.1) is 0 Å². The summed E-state index contributed by atoms with van der Waals surface area (Å²) in [5.41, 5.74) is 0.0773. The summed E-state index contributed by atoms with van der Waals surface area (Å²) in [6.07, 6.45) is 1.42. The zero-order valence-corrected chi connectivity index (χ0v) is 13.2. The van der Waals surface area contributed by atoms with Gasteiger partial charge < -0.3 is 14.6 Å². The van der Waals surface area contributed by atoms with Crippen molar-refractivity contribution in [3.8, 4) is 17.4 Å². The molecule has 0 aliphatic carbocycles. The number of hydrogen-bond acceptors (Lipinski definition) is 6. The first-order chi connectivity index (χ1) is 11.0. The summed E-state index contributed by atoms with van der Waals surface area (Å²) in [4.78, 5) is 16.0. The molecule has 2 heterocycles. The average molecular weight is 354 g/mol. The van der Waals surface area contributed by atoms with Gasteiger partial charge >= 0.3 is 5.97 Å². The van der Waals surface area contributed by atoms with Gasteiger partial charge in [0.1, 0.15) is 5.75 Å². The number of ether oxygens (including phenoxy) is 2. The summed E-state index contributed by atoms with van der Waals surface area (Å²) in [5.74, 6) is -1.11. The molecule has 0 radical (unpaired) electrons. The quantitative estimate of drug-likeness (QED) is 0.727. The summed E-state index contributed by atoms with van der Waals surface area (Å²) < 4.78 is 11.4. The summed E-state index contributed by atoms with van der Waals surface area (Å²) in [5, 5.41) is 14.8. The van der Waals surface area contributed by atoms with Crippen LogP contribution in [0.25, 0.3) is 5.65 Å². The highest BCUT2D eigenvalue weighted by Crippen LogP contribution is 2.36. The molecule has 0 bridgehead atoms. The largest absolute Gasteiger partial charge is 0.490 e. The molecule has 9 heteroatoms. The van der Waals surface area contributed by atoms with Crippen LogP contribution in [0.1, 0.15) is 10.5 Å². The van der Waals surface area contributed by atoms with Crippen molar-refractivity contribution < 1.29 is 19.4 Å². The van der Waals surface area contributed by atoms with Crippen LogP contribution in [0.15, 0.2) is 30.5 Å². The average Bonchev–Trinajstić information content (AvgIpc) is 3.01. The van der Waals surface area contributed by atoms with E-state index in [9.17, 15) is 9.90 Å². The fourth-order valence-corrected chi connectivity index (χ4v) is 2.19. The highest BCUT2D eigenvalue weighted by molar-refractivity contribution is 6.42. The number of rotatable bonds is 3. The summed E-state index contributed by atoms with van der Waals surface area (Å²) in [7, 11) is 1.20. The van der Waals surface area contributed by atoms with Crippen LogP contribution in [0.3, 0.4) is 0 Å². The van der Waals surface area contributed by atoms with Gasteiger partial charge in [-0.25, -0.2) is 9.78 Å². The maximum absolute atomic E-state index is 11.9. The van der Waals surface area contributed by atoms with Gasteiger partial charge in [0.05, 0.1) is 23.4 Å². The number of carbonyl (C=O) groups is 1. The van der Waals surface area contributed by atoms with Gasteiger partial charge in [0.15, 0.2) is 11.3 Å². The molecule has 0 saturated carbocycles. The first-order valence-electron chi connectivity index (χ1n) is 6.29. The number of halogens is 2. The number of esters is 1. The zero-order valence-electron chi connectivity index (χ0n) is 11.7. The Morgan fingerprint density at radius 3 is 2.74 bits per heavy atom. The van der Waals surface area contributed by atoms with Crippen LogP contribution in [0.2, 0.25) is 10.0 Å². The maximum Gasteiger partial charge on any atom is 0.360 e. The van der Waals surface area contributed by atoms with Gasteiger partial charge in [0.25, 0.3) is 5.88 Å². The van der Waals surface area contributed by atoms with E-state index in [1.807, 2.05) is 0 Å². The number of nitrogens with zero attached hydrogens (tertiary/aromatic N) is 3. The molecule has 23 heavy (non-hydrogen) atoms. The van der Waals surface area contributed by atoms with E-state index in [1.165, 1.54) is 37.6 Å². The summed E-state index contributed by atoms with van der Waals surface area (Å²) in [6, 6.07) is 6.02. The van der Waals surface area contributed by atoms with Crippen molar-refractivity contribution in [2.24, 2.45) is 0 Å². The molecule has 1 N–H and O–H groups in total. The number of aromatic nitrogens is 3. The Morgan fingerprint density at radius 1 is 1.26 bits per heavy atom. The van der Waals surface area contributed by atoms with E-state index < -0.39 is 11.8 Å². The van der Waals surface area contributed by atoms with Crippen LogP contribution in [0.5, 0.6) is 17.4 Å². The second-order valence-electron chi connectivity index (χ2n) is 4.38. The Balaban J connectivity index is 2.15. The minimum atomic E-state index is -0.765. The smallest absolute Gasteiger partial charge is 0.360 e. The van der Waals surface area contributed by atoms with Crippen molar-refractivity contribution in [2.75, 3.05) is 7.11 Å². The molecule has 7 nitrogen and oxygen atoms in total. The van der Waals surface area contributed by atoms with E-state index in [4.69, 9.17) is 27.9 Å². The van der Waals surface area contributed by atoms with Crippen molar-refractivity contribution in [2.45, 2.75) is 0 Å². The van der Waals surface area contributed by atoms with E-state index in [0.29, 0.717) is 5.02 Å². The fraction of sp³-hybridized carbons (Fsp3) is 0.0714. The number of fused-ring (bicyclic) bond motifs is 1. The topological polar surface area (TPSA) is 86.0 Å². The molecule has 0 spiro atoms. The second kappa shape index (κ2) is 5.94. The Morgan fingerprint density at radius 2 is 2.04 bits per heavy atom. The van der Waals surface area contributed by atoms with Crippen molar-refractivity contribution in [3.63, 3.8) is 0 Å². The molecule has 118 valence electrons. The Bertz CT molecular complexity index is 910. The van der Waals surface area contributed by atoms with E-state index in [0.717, 1.165) is 4.52 Å². The van der Waals surface area contributed by atoms with Crippen molar-refractivity contribution in [1.82, 2.24) is 14.6 Å². The third kappa shape index (κ3) is 2.76. The molecule has 0 amide bonds. The molecule has 0 fully saturated rings. The molecule has 1 aromatic carbocycles. The molecule has 2 aromatic heterocycles. The SMILES string of the molecule is COC(=O)c1nc2ccnn2c(O)c1Oc1ccc(Cl)c(Cl)c1. The zero-order chi connectivity index (χ0) is 16.6. The minimum absolute atomic E-state index is 0.191. The number of benzene rings is 1. The molecule has 0 atom stereocenters. The maximum atomic E-state index is 11.9. The van der Waals surface area contributed by atoms with Gasteiger partial charge in [0.2, 0.25) is 5.75 Å². The standard InChI is InChI=1S/C14H9Cl2N3O4/c1-22-14(21)11-12(13(20)19-10(18-11)4-5-17-19)23-7-2-3-8(15)9(16)6-7/h2-6,20H,1H3. The monoisotopic (exact) mass is 353 g/mol. The molecule has 0 aliphatic heterocycles. The lowest BCUT2D eigenvalue weighted by Crippen LogP contribution is -2.09. The van der Waals surface area contributed by atoms with Crippen LogP contribution in [-0.2, 0) is 4.74 Å². The van der Waals surface area contributed by atoms with Gasteiger partial charge in [-0.3, -0.25) is 0 Å². The molecule has 3 rings (SSSR count). The molecule has 0 aliphatic rings. The lowest BCUT2D eigenvalue weighted by molar-refractivity contribution is 0.0590. The number of carbonyl (C=O) groups excluding carboxylic acids is 1. The minimum Gasteiger partial charge on any atom is -0.490 e. The lowest BCUT2D eigenvalue weighted by Gasteiger charge is -2.12. The molecule has 3 aromatic rings. The van der Waals surface area contributed by atoms with E-state index >= 15 is 0 Å². The Labute approximate surface area is 140 Å². The van der Waals surface area contributed by atoms with Crippen molar-refractivity contribution >= 4 is 34.8 Å². The van der Waals surface area contributed by atoms with Crippen LogP contribution < -0.4 is 4.74 Å². The van der Waals surface area contributed by atoms with Gasteiger partial charge in [-0.15, -0.1) is 0 Å². The molecule has 0 saturated heterocycles. The van der Waals surface area contributed by atoms with Crippen molar-refractivity contribution in [1.29, 1.82) is 0 Å². The van der Waals surface area contributed by atoms with E-state index in [1.54, 1.807) is 0 Å². The fourth-order valence-electron chi connectivity index (χ4n) is 1.90. The Kier molecular flexibility index (Phi) is 3.97. The number of aromatic hydroxyl groups is 1. The van der Waals surface area contributed by atoms with Crippen molar-refractivity contribution in [3.05, 3.63) is 46.2 Å². The summed E-state index contributed by atoms with van der Waals surface area (Å²) >= 11 is 11.8. The van der Waals surface area contributed by atoms with E-state index in [2.05, 4.69) is 14.8 Å². The summed E-state index contributed by atoms with van der Waals surface area (Å²) in [6.45, 7) is 0. The van der Waals surface area contributed by atoms with Gasteiger partial charge in [-0.2, -0.15) is 9.61 Å². The van der Waals surface area contributed by atoms with Gasteiger partial charge in [-0.1, -0.05) is 23.2 Å². The number of methoxy groups -OCH3 is 1. The third-order valence-electron chi connectivity index (χ3n) is 2.96. The van der Waals surface area contributed by atoms with Crippen LogP contribution >= 0.6 is 23.2 Å². The highest BCUT2D eigenvalue weighted by Gasteiger charge is 2.24. The number of hydrogen-bond donors (Lipinski definition) is 1. The predicted molar refractivity (Wildman–Crippen MR) is 82.5 cm³/mol. The van der Waals surface area contributed by atoms with Gasteiger partial charge in [0, 0.05) is 12.1 Å². The predicted octanol–water partition coefficient (Wildman–Crippen LogP) is 3.32. The molecule has 0 unspecified atom stereocenters. The molecular formula is C14H9Cl2N3O4. The van der Waals surface area contributed by atoms with Gasteiger partial charge in [-0.05, 0) is 12.1 Å².